The van der Waals surface area contributed by atoms with Crippen LogP contribution < -0.4 is 11.1 Å². The van der Waals surface area contributed by atoms with Crippen LogP contribution in [0.15, 0.2) is 0 Å². The van der Waals surface area contributed by atoms with Crippen LogP contribution in [-0.2, 0) is 9.36 Å². The molecule has 0 rings (SSSR count). The molecule has 0 aromatic heterocycles. The summed E-state index contributed by atoms with van der Waals surface area (Å²) in [6, 6.07) is -0.695. The van der Waals surface area contributed by atoms with Gasteiger partial charge in [0.25, 0.3) is 0 Å². The summed E-state index contributed by atoms with van der Waals surface area (Å²) in [5.74, 6) is -1.70. The molecule has 0 radical (unpaired) electrons. The van der Waals surface area contributed by atoms with E-state index in [4.69, 9.17) is 15.5 Å². The van der Waals surface area contributed by atoms with E-state index in [0.29, 0.717) is 6.42 Å². The van der Waals surface area contributed by atoms with Crippen LogP contribution in [0.25, 0.3) is 0 Å². The Morgan fingerprint density at radius 1 is 1.53 bits per heavy atom. The lowest BCUT2D eigenvalue weighted by Crippen LogP contribution is -2.44. The lowest BCUT2D eigenvalue weighted by Gasteiger charge is -2.18. The molecule has 0 aromatic rings. The minimum Gasteiger partial charge on any atom is -0.341 e. The zero-order valence-corrected chi connectivity index (χ0v) is 9.91. The summed E-state index contributed by atoms with van der Waals surface area (Å²) >= 11 is 0. The molecule has 0 aliphatic heterocycles. The number of rotatable bonds is 6. The van der Waals surface area contributed by atoms with Crippen LogP contribution >= 0.6 is 7.60 Å². The molecule has 7 heteroatoms. The molecule has 0 fully saturated rings. The number of nitrogens with one attached hydrogen (secondary N) is 1. The summed E-state index contributed by atoms with van der Waals surface area (Å²) in [5, 5.41) is 2.20. The Hall–Kier alpha value is -0.420. The number of amides is 1. The van der Waals surface area contributed by atoms with Gasteiger partial charge in [-0.25, -0.2) is 0 Å². The average Bonchev–Trinajstić information content (AvgIpc) is 2.12. The molecule has 0 saturated heterocycles. The molecular formula is C8H19N2O4P. The number of hydrogen-bond donors (Lipinski definition) is 4. The van der Waals surface area contributed by atoms with E-state index in [1.165, 1.54) is 6.92 Å². The molecule has 0 bridgehead atoms. The van der Waals surface area contributed by atoms with E-state index in [0.717, 1.165) is 12.8 Å². The average molecular weight is 238 g/mol. The number of carbonyl (C=O) groups is 1. The van der Waals surface area contributed by atoms with Crippen molar-refractivity contribution >= 4 is 13.5 Å². The first-order chi connectivity index (χ1) is 6.79. The van der Waals surface area contributed by atoms with Crippen molar-refractivity contribution in [2.75, 3.05) is 0 Å². The van der Waals surface area contributed by atoms with Gasteiger partial charge in [0.15, 0.2) is 0 Å². The highest BCUT2D eigenvalue weighted by Gasteiger charge is 2.27. The highest BCUT2D eigenvalue weighted by Crippen LogP contribution is 2.39. The van der Waals surface area contributed by atoms with E-state index >= 15 is 0 Å². The SMILES string of the molecule is CCCC[C@H](N)C(=O)N[C@@H](C)P(=O)(O)O. The van der Waals surface area contributed by atoms with Crippen molar-refractivity contribution in [3.05, 3.63) is 0 Å². The highest BCUT2D eigenvalue weighted by atomic mass is 31.2. The van der Waals surface area contributed by atoms with Crippen LogP contribution in [0.2, 0.25) is 0 Å². The van der Waals surface area contributed by atoms with Gasteiger partial charge in [-0.1, -0.05) is 19.8 Å². The van der Waals surface area contributed by atoms with Gasteiger partial charge < -0.3 is 20.8 Å². The molecule has 0 saturated carbocycles. The molecule has 6 nitrogen and oxygen atoms in total. The first kappa shape index (κ1) is 14.6. The van der Waals surface area contributed by atoms with E-state index < -0.39 is 25.3 Å². The van der Waals surface area contributed by atoms with Crippen molar-refractivity contribution in [2.45, 2.75) is 44.9 Å². The second kappa shape index (κ2) is 6.23. The van der Waals surface area contributed by atoms with Gasteiger partial charge in [0, 0.05) is 0 Å². The van der Waals surface area contributed by atoms with E-state index in [-0.39, 0.29) is 0 Å². The van der Waals surface area contributed by atoms with Gasteiger partial charge in [0.1, 0.15) is 5.78 Å². The Labute approximate surface area is 89.4 Å². The molecule has 0 aliphatic carbocycles. The van der Waals surface area contributed by atoms with Crippen molar-refractivity contribution in [1.82, 2.24) is 5.32 Å². The Kier molecular flexibility index (Phi) is 6.05. The predicted molar refractivity (Wildman–Crippen MR) is 57.1 cm³/mol. The van der Waals surface area contributed by atoms with E-state index in [1.54, 1.807) is 0 Å². The van der Waals surface area contributed by atoms with E-state index in [1.807, 2.05) is 6.92 Å². The van der Waals surface area contributed by atoms with Crippen LogP contribution in [-0.4, -0.2) is 27.5 Å². The third-order valence-electron chi connectivity index (χ3n) is 2.06. The first-order valence-electron chi connectivity index (χ1n) is 4.90. The van der Waals surface area contributed by atoms with E-state index in [9.17, 15) is 9.36 Å². The third-order valence-corrected chi connectivity index (χ3v) is 3.20. The summed E-state index contributed by atoms with van der Waals surface area (Å²) in [5.41, 5.74) is 5.53. The van der Waals surface area contributed by atoms with Gasteiger partial charge >= 0.3 is 7.60 Å². The molecule has 5 N–H and O–H groups in total. The quantitative estimate of drug-likeness (QED) is 0.492. The maximum absolute atomic E-state index is 11.3. The van der Waals surface area contributed by atoms with Crippen molar-refractivity contribution in [1.29, 1.82) is 0 Å². The molecular weight excluding hydrogens is 219 g/mol. The van der Waals surface area contributed by atoms with Crippen LogP contribution in [0.1, 0.15) is 33.1 Å². The second-order valence-corrected chi connectivity index (χ2v) is 5.48. The van der Waals surface area contributed by atoms with Crippen molar-refractivity contribution < 1.29 is 19.1 Å². The Bertz CT molecular complexity index is 253. The largest absolute Gasteiger partial charge is 0.347 e. The summed E-state index contributed by atoms with van der Waals surface area (Å²) in [6.07, 6.45) is 2.27. The lowest BCUT2D eigenvalue weighted by molar-refractivity contribution is -0.122. The van der Waals surface area contributed by atoms with Gasteiger partial charge in [0.2, 0.25) is 5.91 Å². The molecule has 2 atom stereocenters. The Morgan fingerprint density at radius 2 is 2.07 bits per heavy atom. The maximum atomic E-state index is 11.3. The molecule has 90 valence electrons. The molecule has 0 heterocycles. The number of carbonyl (C=O) groups excluding carboxylic acids is 1. The fraction of sp³-hybridized carbons (Fsp3) is 0.875. The van der Waals surface area contributed by atoms with Gasteiger partial charge in [0.05, 0.1) is 6.04 Å². The lowest BCUT2D eigenvalue weighted by atomic mass is 10.1. The number of unbranched alkanes of at least 4 members (excludes halogenated alkanes) is 1. The van der Waals surface area contributed by atoms with Crippen LogP contribution in [0.4, 0.5) is 0 Å². The van der Waals surface area contributed by atoms with E-state index in [2.05, 4.69) is 5.32 Å². The minimum absolute atomic E-state index is 0.515. The zero-order valence-electron chi connectivity index (χ0n) is 9.01. The van der Waals surface area contributed by atoms with Gasteiger partial charge in [-0.15, -0.1) is 0 Å². The van der Waals surface area contributed by atoms with Crippen molar-refractivity contribution in [3.63, 3.8) is 0 Å². The van der Waals surface area contributed by atoms with Crippen LogP contribution in [0.5, 0.6) is 0 Å². The molecule has 15 heavy (non-hydrogen) atoms. The van der Waals surface area contributed by atoms with Gasteiger partial charge in [-0.2, -0.15) is 0 Å². The molecule has 0 unspecified atom stereocenters. The molecule has 0 spiro atoms. The fourth-order valence-corrected chi connectivity index (χ4v) is 1.25. The zero-order chi connectivity index (χ0) is 12.1. The molecule has 0 aliphatic rings. The predicted octanol–water partition coefficient (Wildman–Crippen LogP) is 0.144. The summed E-state index contributed by atoms with van der Waals surface area (Å²) in [4.78, 5) is 28.8. The van der Waals surface area contributed by atoms with Crippen molar-refractivity contribution in [3.8, 4) is 0 Å². The van der Waals surface area contributed by atoms with Gasteiger partial charge in [-0.05, 0) is 13.3 Å². The number of nitrogens with two attached hydrogens (primary N) is 1. The molecule has 1 amide bonds. The van der Waals surface area contributed by atoms with Gasteiger partial charge in [-0.3, -0.25) is 9.36 Å². The standard InChI is InChI=1S/C8H19N2O4P/c1-3-4-5-7(9)8(11)10-6(2)15(12,13)14/h6-7H,3-5,9H2,1-2H3,(H,10,11)(H2,12,13,14)/t6-,7+/m1/s1. The van der Waals surface area contributed by atoms with Crippen LogP contribution in [0, 0.1) is 0 Å². The smallest absolute Gasteiger partial charge is 0.341 e. The van der Waals surface area contributed by atoms with Crippen molar-refractivity contribution in [2.24, 2.45) is 5.73 Å². The minimum atomic E-state index is -4.26. The Balaban J connectivity index is 4.08. The summed E-state index contributed by atoms with van der Waals surface area (Å²) < 4.78 is 10.7. The third kappa shape index (κ3) is 5.89. The second-order valence-electron chi connectivity index (χ2n) is 3.52. The summed E-state index contributed by atoms with van der Waals surface area (Å²) in [6.45, 7) is 3.23. The Morgan fingerprint density at radius 3 is 2.47 bits per heavy atom. The maximum Gasteiger partial charge on any atom is 0.347 e. The highest BCUT2D eigenvalue weighted by molar-refractivity contribution is 7.52. The normalized spacial score (nSPS) is 15.8. The summed E-state index contributed by atoms with van der Waals surface area (Å²) in [7, 11) is -4.26. The topological polar surface area (TPSA) is 113 Å². The number of hydrogen-bond acceptors (Lipinski definition) is 3. The fourth-order valence-electron chi connectivity index (χ4n) is 0.952. The first-order valence-corrected chi connectivity index (χ1v) is 6.58. The molecule has 0 aromatic carbocycles. The van der Waals surface area contributed by atoms with Crippen LogP contribution in [0.3, 0.4) is 0 Å². The monoisotopic (exact) mass is 238 g/mol.